The molecule has 0 spiro atoms. The van der Waals surface area contributed by atoms with Gasteiger partial charge in [0.25, 0.3) is 12.2 Å². The number of rotatable bonds is 5. The van der Waals surface area contributed by atoms with Crippen LogP contribution in [-0.4, -0.2) is 66.0 Å². The maximum Gasteiger partial charge on any atom is 0.434 e. The fourth-order valence-corrected chi connectivity index (χ4v) is 1.48. The topological polar surface area (TPSA) is 60.4 Å². The van der Waals surface area contributed by atoms with Crippen molar-refractivity contribution < 1.29 is 62.2 Å². The maximum atomic E-state index is 12.5. The van der Waals surface area contributed by atoms with E-state index in [1.165, 1.54) is 0 Å². The molecule has 0 atom stereocenters. The second-order valence-corrected chi connectivity index (χ2v) is 5.26. The van der Waals surface area contributed by atoms with E-state index in [1.807, 2.05) is 0 Å². The summed E-state index contributed by atoms with van der Waals surface area (Å²) >= 11 is 0. The Bertz CT molecular complexity index is 617. The Labute approximate surface area is 152 Å². The third kappa shape index (κ3) is 6.84. The number of halogens is 12. The monoisotopic (exact) mass is 456 g/mol. The molecular formula is C11H8F12N4O2. The molecule has 0 saturated carbocycles. The molecule has 0 saturated heterocycles. The van der Waals surface area contributed by atoms with Crippen molar-refractivity contribution in [3.8, 4) is 12.0 Å². The van der Waals surface area contributed by atoms with Crippen LogP contribution in [0.3, 0.4) is 0 Å². The van der Waals surface area contributed by atoms with Gasteiger partial charge in [0.05, 0.1) is 0 Å². The minimum atomic E-state index is -6.06. The van der Waals surface area contributed by atoms with Crippen LogP contribution in [0.25, 0.3) is 0 Å². The summed E-state index contributed by atoms with van der Waals surface area (Å²) in [6.45, 7) is 0. The lowest BCUT2D eigenvalue weighted by Crippen LogP contribution is -2.47. The molecule has 0 radical (unpaired) electrons. The molecule has 0 amide bonds. The fourth-order valence-electron chi connectivity index (χ4n) is 1.48. The van der Waals surface area contributed by atoms with Crippen LogP contribution in [0.1, 0.15) is 0 Å². The minimum Gasteiger partial charge on any atom is -0.440 e. The van der Waals surface area contributed by atoms with Crippen molar-refractivity contribution in [3.63, 3.8) is 0 Å². The third-order valence-electron chi connectivity index (χ3n) is 2.62. The zero-order valence-corrected chi connectivity index (χ0v) is 13.8. The highest BCUT2D eigenvalue weighted by atomic mass is 19.4. The second kappa shape index (κ2) is 7.77. The molecule has 29 heavy (non-hydrogen) atoms. The first kappa shape index (κ1) is 24.6. The van der Waals surface area contributed by atoms with E-state index in [0.717, 1.165) is 14.1 Å². The van der Waals surface area contributed by atoms with Crippen LogP contribution in [0.4, 0.5) is 58.6 Å². The largest absolute Gasteiger partial charge is 0.440 e. The Morgan fingerprint density at radius 1 is 0.586 bits per heavy atom. The molecule has 168 valence electrons. The quantitative estimate of drug-likeness (QED) is 0.631. The van der Waals surface area contributed by atoms with E-state index < -0.39 is 54.9 Å². The van der Waals surface area contributed by atoms with E-state index in [1.54, 1.807) is 0 Å². The number of hydrogen-bond acceptors (Lipinski definition) is 6. The predicted molar refractivity (Wildman–Crippen MR) is 67.2 cm³/mol. The molecular weight excluding hydrogens is 448 g/mol. The Kier molecular flexibility index (Phi) is 6.59. The van der Waals surface area contributed by atoms with Crippen molar-refractivity contribution in [2.75, 3.05) is 19.0 Å². The van der Waals surface area contributed by atoms with E-state index in [-0.39, 0.29) is 0 Å². The molecule has 0 N–H and O–H groups in total. The van der Waals surface area contributed by atoms with Gasteiger partial charge in [-0.2, -0.15) is 62.7 Å². The van der Waals surface area contributed by atoms with Crippen LogP contribution in [0.2, 0.25) is 0 Å². The van der Waals surface area contributed by atoms with Crippen LogP contribution < -0.4 is 14.4 Å². The van der Waals surface area contributed by atoms with Crippen LogP contribution in [0.5, 0.6) is 12.0 Å². The molecule has 18 heteroatoms. The molecule has 0 aromatic carbocycles. The van der Waals surface area contributed by atoms with Crippen LogP contribution in [0.15, 0.2) is 0 Å². The van der Waals surface area contributed by atoms with Gasteiger partial charge in [-0.05, 0) is 0 Å². The molecule has 6 nitrogen and oxygen atoms in total. The van der Waals surface area contributed by atoms with Gasteiger partial charge in [0.15, 0.2) is 0 Å². The van der Waals surface area contributed by atoms with E-state index in [9.17, 15) is 52.7 Å². The second-order valence-electron chi connectivity index (χ2n) is 5.26. The highest BCUT2D eigenvalue weighted by molar-refractivity contribution is 5.29. The predicted octanol–water partition coefficient (Wildman–Crippen LogP) is 3.68. The average molecular weight is 456 g/mol. The van der Waals surface area contributed by atoms with Crippen molar-refractivity contribution >= 4 is 5.95 Å². The van der Waals surface area contributed by atoms with Gasteiger partial charge in [-0.25, -0.2) is 0 Å². The van der Waals surface area contributed by atoms with Crippen molar-refractivity contribution in [1.82, 2.24) is 15.0 Å². The van der Waals surface area contributed by atoms with E-state index >= 15 is 0 Å². The minimum absolute atomic E-state index is 0.716. The lowest BCUT2D eigenvalue weighted by molar-refractivity contribution is -0.302. The van der Waals surface area contributed by atoms with Crippen molar-refractivity contribution in [2.45, 2.75) is 36.9 Å². The van der Waals surface area contributed by atoms with Gasteiger partial charge >= 0.3 is 36.7 Å². The molecule has 1 heterocycles. The number of ether oxygens (including phenoxy) is 2. The van der Waals surface area contributed by atoms with E-state index in [2.05, 4.69) is 24.4 Å². The summed E-state index contributed by atoms with van der Waals surface area (Å²) in [6, 6.07) is -3.75. The van der Waals surface area contributed by atoms with Gasteiger partial charge in [-0.15, -0.1) is 4.98 Å². The SMILES string of the molecule is CN(C)c1nc(OC(C(F)(F)F)C(F)(F)F)nc(OC(C(F)(F)F)C(F)(F)F)n1. The maximum absolute atomic E-state index is 12.5. The highest BCUT2D eigenvalue weighted by Gasteiger charge is 2.61. The smallest absolute Gasteiger partial charge is 0.434 e. The van der Waals surface area contributed by atoms with Gasteiger partial charge in [0.1, 0.15) is 0 Å². The first-order valence-corrected chi connectivity index (χ1v) is 6.76. The third-order valence-corrected chi connectivity index (χ3v) is 2.62. The first-order chi connectivity index (χ1) is 12.7. The summed E-state index contributed by atoms with van der Waals surface area (Å²) in [4.78, 5) is 9.21. The highest BCUT2D eigenvalue weighted by Crippen LogP contribution is 2.38. The van der Waals surface area contributed by atoms with Gasteiger partial charge in [-0.1, -0.05) is 0 Å². The Balaban J connectivity index is 3.41. The summed E-state index contributed by atoms with van der Waals surface area (Å²) < 4.78 is 157. The number of hydrogen-bond donors (Lipinski definition) is 0. The fraction of sp³-hybridized carbons (Fsp3) is 0.727. The Morgan fingerprint density at radius 3 is 1.07 bits per heavy atom. The zero-order chi connectivity index (χ0) is 23.0. The summed E-state index contributed by atoms with van der Waals surface area (Å²) in [7, 11) is 2.03. The lowest BCUT2D eigenvalue weighted by atomic mass is 10.3. The van der Waals surface area contributed by atoms with Crippen molar-refractivity contribution in [3.05, 3.63) is 0 Å². The van der Waals surface area contributed by atoms with Crippen molar-refractivity contribution in [2.24, 2.45) is 0 Å². The van der Waals surface area contributed by atoms with Crippen LogP contribution in [0, 0.1) is 0 Å². The number of nitrogens with zero attached hydrogens (tertiary/aromatic N) is 4. The molecule has 0 aliphatic carbocycles. The summed E-state index contributed by atoms with van der Waals surface area (Å²) in [6.07, 6.45) is -33.3. The van der Waals surface area contributed by atoms with E-state index in [0.29, 0.717) is 4.90 Å². The molecule has 0 aliphatic heterocycles. The molecule has 0 aliphatic rings. The normalized spacial score (nSPS) is 13.8. The lowest BCUT2D eigenvalue weighted by Gasteiger charge is -2.25. The molecule has 1 aromatic rings. The van der Waals surface area contributed by atoms with Crippen LogP contribution >= 0.6 is 0 Å². The zero-order valence-electron chi connectivity index (χ0n) is 13.8. The van der Waals surface area contributed by atoms with E-state index in [4.69, 9.17) is 0 Å². The summed E-state index contributed by atoms with van der Waals surface area (Å²) in [5, 5.41) is 0. The molecule has 0 bridgehead atoms. The molecule has 1 aromatic heterocycles. The summed E-state index contributed by atoms with van der Waals surface area (Å²) in [5.41, 5.74) is 0. The summed E-state index contributed by atoms with van der Waals surface area (Å²) in [5.74, 6) is -0.948. The number of alkyl halides is 12. The Morgan fingerprint density at radius 2 is 0.862 bits per heavy atom. The first-order valence-electron chi connectivity index (χ1n) is 6.76. The average Bonchev–Trinajstić information content (AvgIpc) is 2.45. The van der Waals surface area contributed by atoms with Crippen molar-refractivity contribution in [1.29, 1.82) is 0 Å². The van der Waals surface area contributed by atoms with Gasteiger partial charge in [-0.3, -0.25) is 0 Å². The molecule has 0 unspecified atom stereocenters. The van der Waals surface area contributed by atoms with Gasteiger partial charge in [0.2, 0.25) is 5.95 Å². The number of aromatic nitrogens is 3. The molecule has 1 rings (SSSR count). The Hall–Kier alpha value is -2.43. The number of anilines is 1. The standard InChI is InChI=1S/C11H8F12N4O2/c1-27(2)5-24-6(28-3(8(12,13)14)9(15,16)17)26-7(25-5)29-4(10(18,19)20)11(21,22)23/h3-4H,1-2H3. The van der Waals surface area contributed by atoms with Crippen LogP contribution in [-0.2, 0) is 0 Å². The van der Waals surface area contributed by atoms with Gasteiger partial charge in [0, 0.05) is 14.1 Å². The van der Waals surface area contributed by atoms with Gasteiger partial charge < -0.3 is 14.4 Å². The molecule has 0 fully saturated rings.